The zero-order valence-electron chi connectivity index (χ0n) is 18.3. The summed E-state index contributed by atoms with van der Waals surface area (Å²) in [6, 6.07) is 19.7. The molecular formula is C26H25ClN2O4. The molecule has 33 heavy (non-hydrogen) atoms. The van der Waals surface area contributed by atoms with Crippen LogP contribution in [0.2, 0.25) is 5.02 Å². The minimum atomic E-state index is -0.325. The highest BCUT2D eigenvalue weighted by Gasteiger charge is 2.08. The molecule has 0 heterocycles. The van der Waals surface area contributed by atoms with Gasteiger partial charge in [-0.15, -0.1) is 0 Å². The van der Waals surface area contributed by atoms with Crippen molar-refractivity contribution in [3.63, 3.8) is 0 Å². The van der Waals surface area contributed by atoms with Gasteiger partial charge < -0.3 is 14.2 Å². The van der Waals surface area contributed by atoms with E-state index in [1.54, 1.807) is 36.6 Å². The van der Waals surface area contributed by atoms with Crippen LogP contribution in [0.3, 0.4) is 0 Å². The molecule has 0 saturated heterocycles. The molecule has 1 amide bonds. The normalized spacial score (nSPS) is 10.6. The van der Waals surface area contributed by atoms with Crippen LogP contribution in [0.5, 0.6) is 17.2 Å². The maximum Gasteiger partial charge on any atom is 0.271 e. The first-order valence-corrected chi connectivity index (χ1v) is 10.8. The Balaban J connectivity index is 1.60. The average Bonchev–Trinajstić information content (AvgIpc) is 2.83. The van der Waals surface area contributed by atoms with Gasteiger partial charge in [-0.05, 0) is 72.6 Å². The average molecular weight is 465 g/mol. The van der Waals surface area contributed by atoms with E-state index in [4.69, 9.17) is 25.8 Å². The number of ether oxygens (including phenoxy) is 3. The van der Waals surface area contributed by atoms with Gasteiger partial charge in [0.05, 0.1) is 12.8 Å². The van der Waals surface area contributed by atoms with Crippen molar-refractivity contribution in [2.75, 3.05) is 13.2 Å². The summed E-state index contributed by atoms with van der Waals surface area (Å²) in [5, 5.41) is 4.72. The van der Waals surface area contributed by atoms with Gasteiger partial charge in [-0.1, -0.05) is 36.4 Å². The Kier molecular flexibility index (Phi) is 8.91. The summed E-state index contributed by atoms with van der Waals surface area (Å²) in [4.78, 5) is 12.3. The van der Waals surface area contributed by atoms with E-state index in [0.29, 0.717) is 47.7 Å². The van der Waals surface area contributed by atoms with Gasteiger partial charge in [0.2, 0.25) is 0 Å². The molecule has 170 valence electrons. The largest absolute Gasteiger partial charge is 0.490 e. The second-order valence-electron chi connectivity index (χ2n) is 6.88. The molecule has 0 spiro atoms. The Morgan fingerprint density at radius 3 is 2.45 bits per heavy atom. The van der Waals surface area contributed by atoms with E-state index in [-0.39, 0.29) is 5.91 Å². The number of hydrazone groups is 1. The zero-order chi connectivity index (χ0) is 23.5. The number of carbonyl (C=O) groups is 1. The summed E-state index contributed by atoms with van der Waals surface area (Å²) in [6.07, 6.45) is 3.20. The number of benzene rings is 3. The van der Waals surface area contributed by atoms with Gasteiger partial charge in [-0.25, -0.2) is 5.43 Å². The van der Waals surface area contributed by atoms with E-state index in [0.717, 1.165) is 11.1 Å². The molecule has 0 fully saturated rings. The molecule has 6 nitrogen and oxygen atoms in total. The van der Waals surface area contributed by atoms with Crippen LogP contribution >= 0.6 is 11.6 Å². The van der Waals surface area contributed by atoms with Gasteiger partial charge in [0.15, 0.2) is 11.5 Å². The van der Waals surface area contributed by atoms with Crippen molar-refractivity contribution in [3.8, 4) is 17.2 Å². The van der Waals surface area contributed by atoms with Crippen LogP contribution in [0.4, 0.5) is 0 Å². The fourth-order valence-corrected chi connectivity index (χ4v) is 2.95. The summed E-state index contributed by atoms with van der Waals surface area (Å²) in [5.74, 6) is 1.55. The number of carbonyl (C=O) groups excluding carboxylic acids is 1. The topological polar surface area (TPSA) is 69.2 Å². The lowest BCUT2D eigenvalue weighted by atomic mass is 10.2. The van der Waals surface area contributed by atoms with Gasteiger partial charge in [0.1, 0.15) is 19.0 Å². The van der Waals surface area contributed by atoms with Crippen LogP contribution in [0.1, 0.15) is 28.4 Å². The predicted molar refractivity (Wildman–Crippen MR) is 131 cm³/mol. The molecule has 0 unspecified atom stereocenters. The summed E-state index contributed by atoms with van der Waals surface area (Å²) in [5.41, 5.74) is 4.74. The first-order valence-electron chi connectivity index (χ1n) is 10.4. The Labute approximate surface area is 198 Å². The Morgan fingerprint density at radius 1 is 1.00 bits per heavy atom. The Hall–Kier alpha value is -3.77. The van der Waals surface area contributed by atoms with Crippen molar-refractivity contribution in [1.82, 2.24) is 5.43 Å². The summed E-state index contributed by atoms with van der Waals surface area (Å²) < 4.78 is 17.0. The van der Waals surface area contributed by atoms with Gasteiger partial charge in [0.25, 0.3) is 5.91 Å². The molecule has 0 aliphatic rings. The third-order valence-electron chi connectivity index (χ3n) is 4.44. The first kappa shape index (κ1) is 23.9. The third-order valence-corrected chi connectivity index (χ3v) is 4.69. The van der Waals surface area contributed by atoms with Crippen LogP contribution in [0, 0.1) is 0 Å². The molecule has 0 aromatic heterocycles. The second kappa shape index (κ2) is 12.3. The zero-order valence-corrected chi connectivity index (χ0v) is 19.0. The van der Waals surface area contributed by atoms with Crippen molar-refractivity contribution in [2.45, 2.75) is 13.5 Å². The smallest absolute Gasteiger partial charge is 0.271 e. The van der Waals surface area contributed by atoms with Gasteiger partial charge in [-0.2, -0.15) is 5.10 Å². The van der Waals surface area contributed by atoms with Crippen molar-refractivity contribution >= 4 is 23.7 Å². The lowest BCUT2D eigenvalue weighted by Crippen LogP contribution is -2.17. The van der Waals surface area contributed by atoms with Crippen LogP contribution in [0.25, 0.3) is 0 Å². The van der Waals surface area contributed by atoms with Crippen molar-refractivity contribution < 1.29 is 19.0 Å². The van der Waals surface area contributed by atoms with E-state index in [9.17, 15) is 4.79 Å². The molecule has 0 bridgehead atoms. The molecule has 0 atom stereocenters. The summed E-state index contributed by atoms with van der Waals surface area (Å²) in [7, 11) is 0. The molecule has 0 aliphatic heterocycles. The minimum absolute atomic E-state index is 0.325. The number of hydrogen-bond donors (Lipinski definition) is 1. The van der Waals surface area contributed by atoms with Gasteiger partial charge in [-0.3, -0.25) is 4.79 Å². The second-order valence-corrected chi connectivity index (χ2v) is 7.31. The maximum atomic E-state index is 12.3. The highest BCUT2D eigenvalue weighted by atomic mass is 35.5. The molecule has 3 aromatic carbocycles. The van der Waals surface area contributed by atoms with Crippen molar-refractivity contribution in [1.29, 1.82) is 0 Å². The first-order chi connectivity index (χ1) is 16.1. The fraction of sp³-hybridized carbons (Fsp3) is 0.154. The SMILES string of the molecule is C=CCOc1ccc(C(=O)N/N=C\c2ccc(OCc3ccc(Cl)cc3)c(OCC)c2)cc1. The monoisotopic (exact) mass is 464 g/mol. The minimum Gasteiger partial charge on any atom is -0.490 e. The van der Waals surface area contributed by atoms with E-state index in [1.165, 1.54) is 0 Å². The standard InChI is InChI=1S/C26H25ClN2O4/c1-3-15-32-23-12-8-21(9-13-23)26(30)29-28-17-20-7-14-24(25(16-20)31-4-2)33-18-19-5-10-22(27)11-6-19/h3,5-14,16-17H,1,4,15,18H2,2H3,(H,29,30)/b28-17-. The number of nitrogens with one attached hydrogen (secondary N) is 1. The van der Waals surface area contributed by atoms with Crippen LogP contribution in [0.15, 0.2) is 84.5 Å². The van der Waals surface area contributed by atoms with E-state index >= 15 is 0 Å². The van der Waals surface area contributed by atoms with E-state index in [1.807, 2.05) is 49.4 Å². The highest BCUT2D eigenvalue weighted by molar-refractivity contribution is 6.30. The Morgan fingerprint density at radius 2 is 1.76 bits per heavy atom. The number of hydrogen-bond acceptors (Lipinski definition) is 5. The van der Waals surface area contributed by atoms with Gasteiger partial charge >= 0.3 is 0 Å². The van der Waals surface area contributed by atoms with Crippen LogP contribution in [-0.2, 0) is 6.61 Å². The molecule has 7 heteroatoms. The summed E-state index contributed by atoms with van der Waals surface area (Å²) in [6.45, 7) is 6.78. The number of rotatable bonds is 11. The molecular weight excluding hydrogens is 440 g/mol. The molecule has 3 aromatic rings. The lowest BCUT2D eigenvalue weighted by molar-refractivity contribution is 0.0955. The quantitative estimate of drug-likeness (QED) is 0.226. The van der Waals surface area contributed by atoms with Gasteiger partial charge in [0, 0.05) is 10.6 Å². The highest BCUT2D eigenvalue weighted by Crippen LogP contribution is 2.29. The molecule has 0 aliphatic carbocycles. The van der Waals surface area contributed by atoms with Crippen LogP contribution in [-0.4, -0.2) is 25.3 Å². The molecule has 0 saturated carbocycles. The van der Waals surface area contributed by atoms with Crippen molar-refractivity contribution in [2.24, 2.45) is 5.10 Å². The lowest BCUT2D eigenvalue weighted by Gasteiger charge is -2.12. The molecule has 0 radical (unpaired) electrons. The van der Waals surface area contributed by atoms with Crippen LogP contribution < -0.4 is 19.6 Å². The molecule has 1 N–H and O–H groups in total. The Bertz CT molecular complexity index is 1100. The summed E-state index contributed by atoms with van der Waals surface area (Å²) >= 11 is 5.92. The predicted octanol–water partition coefficient (Wildman–Crippen LogP) is 5.65. The van der Waals surface area contributed by atoms with E-state index < -0.39 is 0 Å². The number of amides is 1. The maximum absolute atomic E-state index is 12.3. The van der Waals surface area contributed by atoms with Crippen molar-refractivity contribution in [3.05, 3.63) is 101 Å². The fourth-order valence-electron chi connectivity index (χ4n) is 2.82. The number of halogens is 1. The molecule has 3 rings (SSSR count). The third kappa shape index (κ3) is 7.40. The van der Waals surface area contributed by atoms with E-state index in [2.05, 4.69) is 17.1 Å². The number of nitrogens with zero attached hydrogens (tertiary/aromatic N) is 1.